The molecule has 1 saturated carbocycles. The van der Waals surface area contributed by atoms with Crippen molar-refractivity contribution in [2.75, 3.05) is 26.2 Å². The average Bonchev–Trinajstić information content (AvgIpc) is 4.01. The fourth-order valence-corrected chi connectivity index (χ4v) is 6.45. The largest absolute Gasteiger partial charge is 0.484 e. The molecule has 13 nitrogen and oxygen atoms in total. The summed E-state index contributed by atoms with van der Waals surface area (Å²) in [6.07, 6.45) is 4.79. The number of piperidine rings is 1. The summed E-state index contributed by atoms with van der Waals surface area (Å²) in [5.74, 6) is -0.140. The number of fused-ring (bicyclic) bond motifs is 5. The zero-order chi connectivity index (χ0) is 36.9. The predicted molar refractivity (Wildman–Crippen MR) is 194 cm³/mol. The van der Waals surface area contributed by atoms with Crippen LogP contribution in [0.3, 0.4) is 0 Å². The van der Waals surface area contributed by atoms with Crippen LogP contribution in [0, 0.1) is 6.92 Å². The van der Waals surface area contributed by atoms with Crippen LogP contribution in [0.15, 0.2) is 79.1 Å². The number of carbonyl (C=O) groups excluding carboxylic acids is 4. The van der Waals surface area contributed by atoms with E-state index in [1.165, 1.54) is 11.0 Å². The Bertz CT molecular complexity index is 1990. The van der Waals surface area contributed by atoms with Gasteiger partial charge in [0.25, 0.3) is 17.7 Å². The first kappa shape index (κ1) is 35.9. The van der Waals surface area contributed by atoms with Gasteiger partial charge in [0.1, 0.15) is 23.8 Å². The molecule has 1 aromatic heterocycles. The van der Waals surface area contributed by atoms with Crippen LogP contribution < -0.4 is 20.1 Å². The molecule has 2 aliphatic heterocycles. The van der Waals surface area contributed by atoms with Gasteiger partial charge in [0.15, 0.2) is 6.61 Å². The van der Waals surface area contributed by atoms with Crippen LogP contribution in [-0.4, -0.2) is 87.8 Å². The third-order valence-electron chi connectivity index (χ3n) is 9.27. The van der Waals surface area contributed by atoms with Crippen LogP contribution in [0.1, 0.15) is 56.9 Å². The Morgan fingerprint density at radius 3 is 2.60 bits per heavy atom. The Morgan fingerprint density at radius 2 is 1.83 bits per heavy atom. The molecule has 1 saturated heterocycles. The SMILES string of the molecule is Cc1cnc(CNC(=O)c2cc3cc(c2)C(=O)N(C2CC2)CC(=O)N[C@@H]2CN(C(=O)COc4ccc(Cl)cc4)CC[C@@H]2OCc2cccc(c2)O3)cn1. The van der Waals surface area contributed by atoms with Gasteiger partial charge >= 0.3 is 0 Å². The maximum atomic E-state index is 14.2. The number of nitrogens with one attached hydrogen (secondary N) is 2. The van der Waals surface area contributed by atoms with Crippen molar-refractivity contribution in [1.29, 1.82) is 0 Å². The molecule has 0 unspecified atom stereocenters. The monoisotopic (exact) mass is 738 g/mol. The Hall–Kier alpha value is -5.53. The van der Waals surface area contributed by atoms with Crippen molar-refractivity contribution in [3.05, 3.63) is 112 Å². The minimum Gasteiger partial charge on any atom is -0.484 e. The molecule has 0 spiro atoms. The minimum atomic E-state index is -0.545. The quantitative estimate of drug-likeness (QED) is 0.280. The molecule has 0 radical (unpaired) electrons. The molecule has 3 aromatic carbocycles. The lowest BCUT2D eigenvalue weighted by Crippen LogP contribution is -2.59. The highest BCUT2D eigenvalue weighted by molar-refractivity contribution is 6.30. The molecule has 2 N–H and O–H groups in total. The first-order valence-corrected chi connectivity index (χ1v) is 17.9. The molecule has 3 heterocycles. The van der Waals surface area contributed by atoms with E-state index in [0.29, 0.717) is 40.9 Å². The lowest BCUT2D eigenvalue weighted by Gasteiger charge is -2.39. The molecule has 2 fully saturated rings. The van der Waals surface area contributed by atoms with Crippen molar-refractivity contribution >= 4 is 35.2 Å². The number of aryl methyl sites for hydroxylation is 1. The summed E-state index contributed by atoms with van der Waals surface area (Å²) < 4.78 is 18.3. The van der Waals surface area contributed by atoms with E-state index in [-0.39, 0.29) is 61.8 Å². The van der Waals surface area contributed by atoms with Gasteiger partial charge in [-0.05, 0) is 86.3 Å². The molecule has 53 heavy (non-hydrogen) atoms. The van der Waals surface area contributed by atoms with Crippen molar-refractivity contribution < 1.29 is 33.4 Å². The van der Waals surface area contributed by atoms with Crippen LogP contribution >= 0.6 is 11.6 Å². The van der Waals surface area contributed by atoms with E-state index in [2.05, 4.69) is 20.6 Å². The second-order valence-corrected chi connectivity index (χ2v) is 13.8. The third kappa shape index (κ3) is 9.29. The lowest BCUT2D eigenvalue weighted by molar-refractivity contribution is -0.139. The molecule has 2 atom stereocenters. The molecule has 4 bridgehead atoms. The maximum absolute atomic E-state index is 14.2. The number of hydrogen-bond donors (Lipinski definition) is 2. The number of amides is 4. The van der Waals surface area contributed by atoms with E-state index in [9.17, 15) is 19.2 Å². The van der Waals surface area contributed by atoms with E-state index in [1.807, 2.05) is 25.1 Å². The highest BCUT2D eigenvalue weighted by atomic mass is 35.5. The van der Waals surface area contributed by atoms with Gasteiger partial charge in [0.05, 0.1) is 42.9 Å². The zero-order valence-electron chi connectivity index (χ0n) is 29.1. The second kappa shape index (κ2) is 16.0. The molecule has 1 aliphatic carbocycles. The van der Waals surface area contributed by atoms with Gasteiger partial charge in [-0.25, -0.2) is 0 Å². The van der Waals surface area contributed by atoms with E-state index in [0.717, 1.165) is 24.1 Å². The summed E-state index contributed by atoms with van der Waals surface area (Å²) in [6, 6.07) is 18.1. The first-order valence-electron chi connectivity index (χ1n) is 17.5. The summed E-state index contributed by atoms with van der Waals surface area (Å²) >= 11 is 5.97. The molecule has 4 amide bonds. The number of hydrogen-bond acceptors (Lipinski definition) is 9. The van der Waals surface area contributed by atoms with Crippen LogP contribution in [0.5, 0.6) is 17.2 Å². The smallest absolute Gasteiger partial charge is 0.260 e. The molecule has 274 valence electrons. The zero-order valence-corrected chi connectivity index (χ0v) is 29.9. The molecule has 14 heteroatoms. The lowest BCUT2D eigenvalue weighted by atomic mass is 10.0. The van der Waals surface area contributed by atoms with Gasteiger partial charge in [-0.15, -0.1) is 0 Å². The highest BCUT2D eigenvalue weighted by Crippen LogP contribution is 2.31. The Balaban J connectivity index is 1.12. The van der Waals surface area contributed by atoms with Gasteiger partial charge in [0, 0.05) is 41.5 Å². The highest BCUT2D eigenvalue weighted by Gasteiger charge is 2.37. The Morgan fingerprint density at radius 1 is 1.00 bits per heavy atom. The van der Waals surface area contributed by atoms with E-state index >= 15 is 0 Å². The standard InChI is InChI=1S/C39H39ClN6O7/c1-24-17-42-29(18-41-24)19-43-38(49)26-14-27-16-33(15-26)53-32-4-2-3-25(13-32)22-52-35-11-12-45(37(48)23-51-31-9-5-28(40)6-10-31)20-34(35)44-36(47)21-46(39(27)50)30-7-8-30/h2-6,9-10,13-18,30,34-35H,7-8,11-12,19-23H2,1H3,(H,43,49)(H,44,47)/t34-,35+/m1/s1. The van der Waals surface area contributed by atoms with Crippen molar-refractivity contribution in [1.82, 2.24) is 30.4 Å². The van der Waals surface area contributed by atoms with Gasteiger partial charge in [-0.1, -0.05) is 23.7 Å². The number of likely N-dealkylation sites (tertiary alicyclic amines) is 1. The van der Waals surface area contributed by atoms with Crippen molar-refractivity contribution in [2.24, 2.45) is 0 Å². The first-order chi connectivity index (χ1) is 25.7. The van der Waals surface area contributed by atoms with E-state index in [4.69, 9.17) is 25.8 Å². The summed E-state index contributed by atoms with van der Waals surface area (Å²) in [7, 11) is 0. The summed E-state index contributed by atoms with van der Waals surface area (Å²) in [5.41, 5.74) is 2.58. The summed E-state index contributed by atoms with van der Waals surface area (Å²) in [5, 5.41) is 6.48. The topological polar surface area (TPSA) is 152 Å². The number of ether oxygens (including phenoxy) is 3. The fourth-order valence-electron chi connectivity index (χ4n) is 6.32. The van der Waals surface area contributed by atoms with Crippen molar-refractivity contribution in [3.63, 3.8) is 0 Å². The van der Waals surface area contributed by atoms with Crippen LogP contribution in [-0.2, 0) is 27.5 Å². The van der Waals surface area contributed by atoms with Crippen molar-refractivity contribution in [2.45, 2.75) is 57.5 Å². The van der Waals surface area contributed by atoms with Crippen LogP contribution in [0.25, 0.3) is 0 Å². The summed E-state index contributed by atoms with van der Waals surface area (Å²) in [6.45, 7) is 2.42. The summed E-state index contributed by atoms with van der Waals surface area (Å²) in [4.78, 5) is 66.3. The molecule has 7 rings (SSSR count). The Kier molecular flexibility index (Phi) is 10.8. The van der Waals surface area contributed by atoms with Crippen LogP contribution in [0.2, 0.25) is 5.02 Å². The van der Waals surface area contributed by atoms with Crippen LogP contribution in [0.4, 0.5) is 0 Å². The molecular weight excluding hydrogens is 700 g/mol. The van der Waals surface area contributed by atoms with E-state index < -0.39 is 24.0 Å². The number of benzene rings is 3. The number of nitrogens with zero attached hydrogens (tertiary/aromatic N) is 4. The van der Waals surface area contributed by atoms with Gasteiger partial charge in [-0.2, -0.15) is 0 Å². The molecular formula is C39H39ClN6O7. The second-order valence-electron chi connectivity index (χ2n) is 13.4. The number of rotatable bonds is 7. The predicted octanol–water partition coefficient (Wildman–Crippen LogP) is 4.46. The number of carbonyl (C=O) groups is 4. The van der Waals surface area contributed by atoms with E-state index in [1.54, 1.807) is 59.8 Å². The van der Waals surface area contributed by atoms with Gasteiger partial charge in [-0.3, -0.25) is 29.1 Å². The normalized spacial score (nSPS) is 19.1. The van der Waals surface area contributed by atoms with Gasteiger partial charge in [0.2, 0.25) is 5.91 Å². The molecule has 3 aliphatic rings. The fraction of sp³-hybridized carbons (Fsp3) is 0.333. The minimum absolute atomic E-state index is 0.132. The number of halogens is 1. The van der Waals surface area contributed by atoms with Crippen molar-refractivity contribution in [3.8, 4) is 17.2 Å². The van der Waals surface area contributed by atoms with Gasteiger partial charge < -0.3 is 34.6 Å². The third-order valence-corrected chi connectivity index (χ3v) is 9.52. The Labute approximate surface area is 311 Å². The number of aromatic nitrogens is 2. The average molecular weight is 739 g/mol. The molecule has 4 aromatic rings. The maximum Gasteiger partial charge on any atom is 0.260 e.